The summed E-state index contributed by atoms with van der Waals surface area (Å²) in [4.78, 5) is 14.4. The molecule has 0 aliphatic heterocycles. The second-order valence-corrected chi connectivity index (χ2v) is 9.33. The first-order valence-corrected chi connectivity index (χ1v) is 11.1. The number of aryl methyl sites for hydroxylation is 2. The summed E-state index contributed by atoms with van der Waals surface area (Å²) in [6.07, 6.45) is 0. The number of rotatable bonds is 9. The number of ether oxygens (including phenoxy) is 3. The van der Waals surface area contributed by atoms with Crippen molar-refractivity contribution in [3.63, 3.8) is 0 Å². The number of amides is 1. The number of nitrogens with zero attached hydrogens (tertiary/aromatic N) is 2. The van der Waals surface area contributed by atoms with Gasteiger partial charge in [-0.05, 0) is 48.7 Å². The van der Waals surface area contributed by atoms with E-state index in [-0.39, 0.29) is 23.9 Å². The van der Waals surface area contributed by atoms with Crippen molar-refractivity contribution in [2.75, 3.05) is 42.0 Å². The molecule has 170 valence electrons. The van der Waals surface area contributed by atoms with Crippen LogP contribution in [0.15, 0.2) is 35.2 Å². The van der Waals surface area contributed by atoms with Gasteiger partial charge in [0.2, 0.25) is 21.7 Å². The molecule has 0 fully saturated rings. The van der Waals surface area contributed by atoms with Crippen LogP contribution in [0.2, 0.25) is 0 Å². The molecule has 0 saturated heterocycles. The third kappa shape index (κ3) is 5.48. The first-order chi connectivity index (χ1) is 14.5. The van der Waals surface area contributed by atoms with Gasteiger partial charge in [0.25, 0.3) is 0 Å². The van der Waals surface area contributed by atoms with Crippen molar-refractivity contribution in [2.24, 2.45) is 0 Å². The number of benzene rings is 2. The second kappa shape index (κ2) is 10.0. The lowest BCUT2D eigenvalue weighted by Gasteiger charge is -2.23. The molecule has 1 amide bonds. The summed E-state index contributed by atoms with van der Waals surface area (Å²) in [6.45, 7) is 3.52. The highest BCUT2D eigenvalue weighted by atomic mass is 32.2. The maximum Gasteiger partial charge on any atom is 0.243 e. The number of hydrogen-bond acceptors (Lipinski definition) is 6. The van der Waals surface area contributed by atoms with Crippen LogP contribution in [0.1, 0.15) is 16.7 Å². The molecule has 9 heteroatoms. The minimum Gasteiger partial charge on any atom is -0.493 e. The fourth-order valence-electron chi connectivity index (χ4n) is 3.14. The first kappa shape index (κ1) is 24.5. The quantitative estimate of drug-likeness (QED) is 0.584. The van der Waals surface area contributed by atoms with Gasteiger partial charge < -0.3 is 19.1 Å². The summed E-state index contributed by atoms with van der Waals surface area (Å²) in [5.41, 5.74) is 2.23. The number of methoxy groups -OCH3 is 3. The van der Waals surface area contributed by atoms with E-state index < -0.39 is 10.0 Å². The van der Waals surface area contributed by atoms with Crippen LogP contribution in [0.5, 0.6) is 17.2 Å². The van der Waals surface area contributed by atoms with Gasteiger partial charge in [-0.25, -0.2) is 8.42 Å². The minimum atomic E-state index is -3.79. The third-order valence-electron chi connectivity index (χ3n) is 4.96. The molecule has 0 spiro atoms. The van der Waals surface area contributed by atoms with Crippen LogP contribution >= 0.6 is 0 Å². The Hall–Kier alpha value is -2.78. The van der Waals surface area contributed by atoms with Crippen LogP contribution in [0.3, 0.4) is 0 Å². The van der Waals surface area contributed by atoms with Crippen molar-refractivity contribution < 1.29 is 27.4 Å². The molecule has 0 heterocycles. The Balaban J connectivity index is 2.18. The van der Waals surface area contributed by atoms with Crippen molar-refractivity contribution in [2.45, 2.75) is 25.3 Å². The van der Waals surface area contributed by atoms with Gasteiger partial charge >= 0.3 is 0 Å². The van der Waals surface area contributed by atoms with Crippen molar-refractivity contribution in [1.29, 1.82) is 0 Å². The van der Waals surface area contributed by atoms with Gasteiger partial charge in [0.15, 0.2) is 11.5 Å². The van der Waals surface area contributed by atoms with Crippen molar-refractivity contribution >= 4 is 15.9 Å². The van der Waals surface area contributed by atoms with Crippen LogP contribution in [0.25, 0.3) is 0 Å². The summed E-state index contributed by atoms with van der Waals surface area (Å²) < 4.78 is 43.0. The molecule has 2 aromatic rings. The number of carbonyl (C=O) groups excluding carboxylic acids is 1. The molecule has 0 N–H and O–H groups in total. The first-order valence-electron chi connectivity index (χ1n) is 9.61. The molecule has 0 aliphatic carbocycles. The average molecular weight is 451 g/mol. The van der Waals surface area contributed by atoms with Crippen LogP contribution < -0.4 is 14.2 Å². The maximum atomic E-state index is 13.0. The smallest absolute Gasteiger partial charge is 0.243 e. The highest BCUT2D eigenvalue weighted by Gasteiger charge is 2.26. The standard InChI is InChI=1S/C22H30N2O6S/c1-15-8-9-16(2)20(10-15)31(26,27)24(4)14-21(25)23(3)13-17-11-18(28-5)22(30-7)19(12-17)29-6/h8-12H,13-14H2,1-7H3. The SMILES string of the molecule is COc1cc(CN(C)C(=O)CN(C)S(=O)(=O)c2cc(C)ccc2C)cc(OC)c1OC. The second-order valence-electron chi connectivity index (χ2n) is 7.31. The van der Waals surface area contributed by atoms with E-state index in [9.17, 15) is 13.2 Å². The normalized spacial score (nSPS) is 11.4. The highest BCUT2D eigenvalue weighted by Crippen LogP contribution is 2.38. The summed E-state index contributed by atoms with van der Waals surface area (Å²) in [7, 11) is 3.77. The lowest BCUT2D eigenvalue weighted by molar-refractivity contribution is -0.130. The Labute approximate surface area is 184 Å². The Morgan fingerprint density at radius 2 is 1.52 bits per heavy atom. The van der Waals surface area contributed by atoms with E-state index in [0.717, 1.165) is 15.4 Å². The Morgan fingerprint density at radius 1 is 0.935 bits per heavy atom. The average Bonchev–Trinajstić information content (AvgIpc) is 2.74. The largest absolute Gasteiger partial charge is 0.493 e. The molecule has 2 rings (SSSR count). The molecule has 2 aromatic carbocycles. The van der Waals surface area contributed by atoms with Crippen LogP contribution in [-0.2, 0) is 21.4 Å². The minimum absolute atomic E-state index is 0.204. The lowest BCUT2D eigenvalue weighted by Crippen LogP contribution is -2.39. The zero-order valence-electron chi connectivity index (χ0n) is 19.1. The highest BCUT2D eigenvalue weighted by molar-refractivity contribution is 7.89. The van der Waals surface area contributed by atoms with Crippen LogP contribution in [0.4, 0.5) is 0 Å². The number of carbonyl (C=O) groups is 1. The molecule has 0 aliphatic rings. The van der Waals surface area contributed by atoms with Gasteiger partial charge in [0.1, 0.15) is 0 Å². The molecule has 8 nitrogen and oxygen atoms in total. The van der Waals surface area contributed by atoms with E-state index in [2.05, 4.69) is 0 Å². The maximum absolute atomic E-state index is 13.0. The van der Waals surface area contributed by atoms with Gasteiger partial charge in [-0.2, -0.15) is 4.31 Å². The predicted molar refractivity (Wildman–Crippen MR) is 118 cm³/mol. The molecule has 31 heavy (non-hydrogen) atoms. The summed E-state index contributed by atoms with van der Waals surface area (Å²) in [5.74, 6) is 1.08. The third-order valence-corrected chi connectivity index (χ3v) is 6.91. The van der Waals surface area contributed by atoms with Crippen LogP contribution in [-0.4, -0.2) is 65.5 Å². The molecule has 0 unspecified atom stereocenters. The zero-order valence-corrected chi connectivity index (χ0v) is 19.9. The fraction of sp³-hybridized carbons (Fsp3) is 0.409. The van der Waals surface area contributed by atoms with Gasteiger partial charge in [-0.15, -0.1) is 0 Å². The molecular weight excluding hydrogens is 420 g/mol. The molecule has 0 bridgehead atoms. The molecule has 0 saturated carbocycles. The van der Waals surface area contributed by atoms with Gasteiger partial charge in [-0.3, -0.25) is 4.79 Å². The van der Waals surface area contributed by atoms with Crippen molar-refractivity contribution in [1.82, 2.24) is 9.21 Å². The van der Waals surface area contributed by atoms with Gasteiger partial charge in [0.05, 0.1) is 32.8 Å². The van der Waals surface area contributed by atoms with E-state index >= 15 is 0 Å². The van der Waals surface area contributed by atoms with E-state index in [1.807, 2.05) is 13.0 Å². The topological polar surface area (TPSA) is 85.4 Å². The molecule has 0 aromatic heterocycles. The van der Waals surface area contributed by atoms with Gasteiger partial charge in [0, 0.05) is 20.6 Å². The van der Waals surface area contributed by atoms with Gasteiger partial charge in [-0.1, -0.05) is 12.1 Å². The molecular formula is C22H30N2O6S. The Kier molecular flexibility index (Phi) is 7.91. The predicted octanol–water partition coefficient (Wildman–Crippen LogP) is 2.61. The Morgan fingerprint density at radius 3 is 2.03 bits per heavy atom. The Bertz CT molecular complexity index is 1030. The van der Waals surface area contributed by atoms with E-state index in [0.29, 0.717) is 22.8 Å². The number of likely N-dealkylation sites (N-methyl/N-ethyl adjacent to an activating group) is 2. The lowest BCUT2D eigenvalue weighted by atomic mass is 10.1. The molecule has 0 atom stereocenters. The van der Waals surface area contributed by atoms with E-state index in [4.69, 9.17) is 14.2 Å². The number of sulfonamides is 1. The molecule has 0 radical (unpaired) electrons. The fourth-order valence-corrected chi connectivity index (χ4v) is 4.56. The monoisotopic (exact) mass is 450 g/mol. The van der Waals surface area contributed by atoms with Crippen molar-refractivity contribution in [3.8, 4) is 17.2 Å². The summed E-state index contributed by atoms with van der Waals surface area (Å²) >= 11 is 0. The summed E-state index contributed by atoms with van der Waals surface area (Å²) in [5, 5.41) is 0. The van der Waals surface area contributed by atoms with Crippen LogP contribution in [0, 0.1) is 13.8 Å². The van der Waals surface area contributed by atoms with Crippen molar-refractivity contribution in [3.05, 3.63) is 47.0 Å². The van der Waals surface area contributed by atoms with E-state index in [1.165, 1.54) is 33.3 Å². The van der Waals surface area contributed by atoms with E-state index in [1.54, 1.807) is 38.2 Å². The number of hydrogen-bond donors (Lipinski definition) is 0. The summed E-state index contributed by atoms with van der Waals surface area (Å²) in [6, 6.07) is 8.73. The zero-order chi connectivity index (χ0) is 23.3.